The summed E-state index contributed by atoms with van der Waals surface area (Å²) in [5.74, 6) is 0.750. The van der Waals surface area contributed by atoms with E-state index in [-0.39, 0.29) is 12.1 Å². The third-order valence-corrected chi connectivity index (χ3v) is 4.55. The highest BCUT2D eigenvalue weighted by atomic mass is 16.3. The second kappa shape index (κ2) is 8.02. The van der Waals surface area contributed by atoms with Crippen LogP contribution in [0.4, 0.5) is 4.79 Å². The van der Waals surface area contributed by atoms with Gasteiger partial charge in [0.25, 0.3) is 0 Å². The molecular formula is C19H25N3O2. The standard InChI is InChI=1S/C19H25N3O2/c1-2-21-11-7-12-22(14-13-21)19(23)20-18(17-10-6-15-24-17)16-8-4-3-5-9-16/h3-6,8-10,15,18H,2,7,11-14H2,1H3,(H,20,23)/t18-/m0/s1. The number of likely N-dealkylation sites (N-methyl/N-ethyl adjacent to an activating group) is 1. The molecule has 24 heavy (non-hydrogen) atoms. The van der Waals surface area contributed by atoms with Crippen LogP contribution >= 0.6 is 0 Å². The van der Waals surface area contributed by atoms with Gasteiger partial charge in [-0.3, -0.25) is 0 Å². The quantitative estimate of drug-likeness (QED) is 0.939. The number of hydrogen-bond acceptors (Lipinski definition) is 3. The zero-order valence-corrected chi connectivity index (χ0v) is 14.1. The van der Waals surface area contributed by atoms with E-state index in [1.54, 1.807) is 6.26 Å². The van der Waals surface area contributed by atoms with Crippen molar-refractivity contribution in [3.8, 4) is 0 Å². The minimum absolute atomic E-state index is 0.0294. The first-order chi connectivity index (χ1) is 11.8. The summed E-state index contributed by atoms with van der Waals surface area (Å²) in [5, 5.41) is 3.14. The third-order valence-electron chi connectivity index (χ3n) is 4.55. The molecule has 128 valence electrons. The van der Waals surface area contributed by atoms with Crippen LogP contribution in [-0.2, 0) is 0 Å². The monoisotopic (exact) mass is 327 g/mol. The molecule has 1 N–H and O–H groups in total. The topological polar surface area (TPSA) is 48.7 Å². The van der Waals surface area contributed by atoms with Gasteiger partial charge in [-0.1, -0.05) is 37.3 Å². The lowest BCUT2D eigenvalue weighted by molar-refractivity contribution is 0.194. The number of carbonyl (C=O) groups is 1. The fraction of sp³-hybridized carbons (Fsp3) is 0.421. The van der Waals surface area contributed by atoms with Crippen molar-refractivity contribution in [1.82, 2.24) is 15.1 Å². The molecule has 2 heterocycles. The van der Waals surface area contributed by atoms with Crippen LogP contribution in [0.25, 0.3) is 0 Å². The van der Waals surface area contributed by atoms with Gasteiger partial charge in [0.2, 0.25) is 0 Å². The van der Waals surface area contributed by atoms with Gasteiger partial charge >= 0.3 is 6.03 Å². The van der Waals surface area contributed by atoms with Crippen LogP contribution in [0.15, 0.2) is 53.1 Å². The molecule has 0 unspecified atom stereocenters. The summed E-state index contributed by atoms with van der Waals surface area (Å²) in [5.41, 5.74) is 1.02. The highest BCUT2D eigenvalue weighted by molar-refractivity contribution is 5.75. The van der Waals surface area contributed by atoms with Crippen molar-refractivity contribution >= 4 is 6.03 Å². The van der Waals surface area contributed by atoms with Gasteiger partial charge in [0.15, 0.2) is 0 Å². The van der Waals surface area contributed by atoms with Crippen molar-refractivity contribution in [1.29, 1.82) is 0 Å². The fourth-order valence-corrected chi connectivity index (χ4v) is 3.12. The summed E-state index contributed by atoms with van der Waals surface area (Å²) in [6.45, 7) is 6.75. The van der Waals surface area contributed by atoms with E-state index in [1.807, 2.05) is 47.4 Å². The van der Waals surface area contributed by atoms with Gasteiger partial charge in [0.05, 0.1) is 6.26 Å². The Bertz CT molecular complexity index is 627. The first-order valence-electron chi connectivity index (χ1n) is 8.64. The molecule has 2 aromatic rings. The molecule has 1 atom stereocenters. The smallest absolute Gasteiger partial charge is 0.318 e. The number of urea groups is 1. The molecule has 0 aliphatic carbocycles. The Labute approximate surface area is 143 Å². The Balaban J connectivity index is 1.72. The van der Waals surface area contributed by atoms with E-state index in [2.05, 4.69) is 17.1 Å². The van der Waals surface area contributed by atoms with E-state index >= 15 is 0 Å². The molecule has 1 saturated heterocycles. The molecular weight excluding hydrogens is 302 g/mol. The lowest BCUT2D eigenvalue weighted by atomic mass is 10.0. The molecule has 0 saturated carbocycles. The Hall–Kier alpha value is -2.27. The second-order valence-electron chi connectivity index (χ2n) is 6.08. The number of rotatable bonds is 4. The summed E-state index contributed by atoms with van der Waals surface area (Å²) in [6.07, 6.45) is 2.65. The van der Waals surface area contributed by atoms with Crippen molar-refractivity contribution < 1.29 is 9.21 Å². The number of benzene rings is 1. The van der Waals surface area contributed by atoms with Crippen LogP contribution in [0.1, 0.15) is 30.7 Å². The van der Waals surface area contributed by atoms with Crippen LogP contribution in [-0.4, -0.2) is 48.6 Å². The van der Waals surface area contributed by atoms with Gasteiger partial charge in [0.1, 0.15) is 11.8 Å². The van der Waals surface area contributed by atoms with Gasteiger partial charge in [-0.05, 0) is 37.2 Å². The second-order valence-corrected chi connectivity index (χ2v) is 6.08. The summed E-state index contributed by atoms with van der Waals surface area (Å²) in [6, 6.07) is 13.4. The number of carbonyl (C=O) groups excluding carboxylic acids is 1. The molecule has 1 fully saturated rings. The van der Waals surface area contributed by atoms with E-state index in [0.29, 0.717) is 0 Å². The first kappa shape index (κ1) is 16.6. The maximum atomic E-state index is 12.8. The lowest BCUT2D eigenvalue weighted by Gasteiger charge is -2.25. The predicted octanol–water partition coefficient (Wildman–Crippen LogP) is 3.11. The minimum Gasteiger partial charge on any atom is -0.467 e. The van der Waals surface area contributed by atoms with E-state index in [9.17, 15) is 4.79 Å². The molecule has 2 amide bonds. The zero-order valence-electron chi connectivity index (χ0n) is 14.1. The van der Waals surface area contributed by atoms with Gasteiger partial charge < -0.3 is 19.5 Å². The molecule has 1 aliphatic heterocycles. The predicted molar refractivity (Wildman–Crippen MR) is 93.8 cm³/mol. The Morgan fingerprint density at radius 3 is 2.67 bits per heavy atom. The minimum atomic E-state index is -0.265. The first-order valence-corrected chi connectivity index (χ1v) is 8.64. The van der Waals surface area contributed by atoms with Crippen LogP contribution in [0.5, 0.6) is 0 Å². The molecule has 0 radical (unpaired) electrons. The maximum absolute atomic E-state index is 12.8. The Kier molecular flexibility index (Phi) is 5.54. The molecule has 0 bridgehead atoms. The molecule has 0 spiro atoms. The van der Waals surface area contributed by atoms with Crippen molar-refractivity contribution in [3.63, 3.8) is 0 Å². The molecule has 1 aromatic carbocycles. The molecule has 1 aliphatic rings. The number of nitrogens with one attached hydrogen (secondary N) is 1. The highest BCUT2D eigenvalue weighted by Crippen LogP contribution is 2.22. The van der Waals surface area contributed by atoms with Gasteiger partial charge in [-0.25, -0.2) is 4.79 Å². The largest absolute Gasteiger partial charge is 0.467 e. The third kappa shape index (κ3) is 3.97. The van der Waals surface area contributed by atoms with Crippen molar-refractivity contribution in [2.75, 3.05) is 32.7 Å². The lowest BCUT2D eigenvalue weighted by Crippen LogP contribution is -2.43. The molecule has 3 rings (SSSR count). The van der Waals surface area contributed by atoms with E-state index in [4.69, 9.17) is 4.42 Å². The number of hydrogen-bond donors (Lipinski definition) is 1. The summed E-state index contributed by atoms with van der Waals surface area (Å²) < 4.78 is 5.56. The summed E-state index contributed by atoms with van der Waals surface area (Å²) in [4.78, 5) is 17.1. The van der Waals surface area contributed by atoms with E-state index in [1.165, 1.54) is 0 Å². The van der Waals surface area contributed by atoms with E-state index in [0.717, 1.165) is 50.5 Å². The SMILES string of the molecule is CCN1CCCN(C(=O)N[C@@H](c2ccccc2)c2ccco2)CC1. The number of furan rings is 1. The van der Waals surface area contributed by atoms with Crippen molar-refractivity contribution in [3.05, 3.63) is 60.1 Å². The molecule has 5 nitrogen and oxygen atoms in total. The fourth-order valence-electron chi connectivity index (χ4n) is 3.12. The van der Waals surface area contributed by atoms with Crippen LogP contribution in [0.2, 0.25) is 0 Å². The summed E-state index contributed by atoms with van der Waals surface area (Å²) >= 11 is 0. The van der Waals surface area contributed by atoms with Crippen molar-refractivity contribution in [2.24, 2.45) is 0 Å². The maximum Gasteiger partial charge on any atom is 0.318 e. The number of nitrogens with zero attached hydrogens (tertiary/aromatic N) is 2. The Morgan fingerprint density at radius 2 is 1.96 bits per heavy atom. The van der Waals surface area contributed by atoms with Gasteiger partial charge in [0, 0.05) is 19.6 Å². The van der Waals surface area contributed by atoms with Crippen LogP contribution < -0.4 is 5.32 Å². The number of amides is 2. The normalized spacial score (nSPS) is 17.3. The molecule has 1 aromatic heterocycles. The van der Waals surface area contributed by atoms with Crippen molar-refractivity contribution in [2.45, 2.75) is 19.4 Å². The van der Waals surface area contributed by atoms with Gasteiger partial charge in [-0.15, -0.1) is 0 Å². The van der Waals surface area contributed by atoms with Crippen LogP contribution in [0, 0.1) is 0 Å². The van der Waals surface area contributed by atoms with Gasteiger partial charge in [-0.2, -0.15) is 0 Å². The van der Waals surface area contributed by atoms with Crippen LogP contribution in [0.3, 0.4) is 0 Å². The van der Waals surface area contributed by atoms with E-state index < -0.39 is 0 Å². The zero-order chi connectivity index (χ0) is 16.8. The Morgan fingerprint density at radius 1 is 1.12 bits per heavy atom. The summed E-state index contributed by atoms with van der Waals surface area (Å²) in [7, 11) is 0. The highest BCUT2D eigenvalue weighted by Gasteiger charge is 2.24. The molecule has 5 heteroatoms. The average Bonchev–Trinajstić information content (AvgIpc) is 3.04. The average molecular weight is 327 g/mol.